The predicted molar refractivity (Wildman–Crippen MR) is 100 cm³/mol. The van der Waals surface area contributed by atoms with E-state index in [1.54, 1.807) is 0 Å². The number of aromatic nitrogens is 3. The number of aliphatic hydroxyl groups excluding tert-OH is 1. The van der Waals surface area contributed by atoms with Gasteiger partial charge in [0.1, 0.15) is 12.4 Å². The molecule has 0 bridgehead atoms. The molecule has 2 aromatic carbocycles. The molecule has 5 nitrogen and oxygen atoms in total. The van der Waals surface area contributed by atoms with E-state index in [4.69, 9.17) is 16.3 Å². The van der Waals surface area contributed by atoms with Crippen LogP contribution in [0.25, 0.3) is 11.4 Å². The van der Waals surface area contributed by atoms with Crippen molar-refractivity contribution in [2.75, 3.05) is 12.4 Å². The van der Waals surface area contributed by atoms with Crippen LogP contribution in [0.4, 0.5) is 0 Å². The maximum Gasteiger partial charge on any atom is 0.191 e. The van der Waals surface area contributed by atoms with E-state index in [0.717, 1.165) is 22.3 Å². The zero-order valence-electron chi connectivity index (χ0n) is 13.7. The molecular formula is C18H18ClN3O2S. The standard InChI is InChI=1S/C18H18ClN3O2S/c1-22-17(13-7-9-14(19)10-8-13)20-21-18(22)25-12-15(23)11-24-16-5-3-2-4-6-16/h2-10,15,23H,11-12H2,1H3/t15-/m0/s1. The van der Waals surface area contributed by atoms with Crippen LogP contribution in [0.1, 0.15) is 0 Å². The van der Waals surface area contributed by atoms with Crippen molar-refractivity contribution in [2.45, 2.75) is 11.3 Å². The van der Waals surface area contributed by atoms with Crippen molar-refractivity contribution < 1.29 is 9.84 Å². The number of aliphatic hydroxyl groups is 1. The molecule has 0 saturated heterocycles. The van der Waals surface area contributed by atoms with E-state index in [2.05, 4.69) is 10.2 Å². The molecule has 25 heavy (non-hydrogen) atoms. The van der Waals surface area contributed by atoms with Crippen LogP contribution in [0, 0.1) is 0 Å². The first-order valence-corrected chi connectivity index (χ1v) is 9.14. The molecule has 1 atom stereocenters. The SMILES string of the molecule is Cn1c(SC[C@@H](O)COc2ccccc2)nnc1-c1ccc(Cl)cc1. The highest BCUT2D eigenvalue weighted by molar-refractivity contribution is 7.99. The topological polar surface area (TPSA) is 60.2 Å². The van der Waals surface area contributed by atoms with Gasteiger partial charge in [0.25, 0.3) is 0 Å². The van der Waals surface area contributed by atoms with Gasteiger partial charge in [-0.3, -0.25) is 0 Å². The molecule has 0 aliphatic rings. The Morgan fingerprint density at radius 2 is 1.84 bits per heavy atom. The summed E-state index contributed by atoms with van der Waals surface area (Å²) in [5.74, 6) is 1.98. The van der Waals surface area contributed by atoms with Crippen LogP contribution in [-0.2, 0) is 7.05 Å². The van der Waals surface area contributed by atoms with Gasteiger partial charge in [0.15, 0.2) is 11.0 Å². The third kappa shape index (κ3) is 4.75. The fourth-order valence-corrected chi connectivity index (χ4v) is 3.16. The normalized spacial score (nSPS) is 12.1. The highest BCUT2D eigenvalue weighted by atomic mass is 35.5. The number of benzene rings is 2. The lowest BCUT2D eigenvalue weighted by Gasteiger charge is -2.11. The second kappa shape index (κ2) is 8.38. The van der Waals surface area contributed by atoms with Crippen LogP contribution >= 0.6 is 23.4 Å². The molecule has 7 heteroatoms. The van der Waals surface area contributed by atoms with Gasteiger partial charge in [0.05, 0.1) is 6.10 Å². The van der Waals surface area contributed by atoms with E-state index in [9.17, 15) is 5.11 Å². The molecule has 0 radical (unpaired) electrons. The van der Waals surface area contributed by atoms with Crippen LogP contribution in [0.2, 0.25) is 5.02 Å². The molecule has 1 heterocycles. The van der Waals surface area contributed by atoms with Crippen molar-refractivity contribution in [3.05, 3.63) is 59.6 Å². The van der Waals surface area contributed by atoms with Gasteiger partial charge in [0.2, 0.25) is 0 Å². The minimum atomic E-state index is -0.596. The van der Waals surface area contributed by atoms with E-state index < -0.39 is 6.10 Å². The van der Waals surface area contributed by atoms with Crippen molar-refractivity contribution in [1.82, 2.24) is 14.8 Å². The monoisotopic (exact) mass is 375 g/mol. The fourth-order valence-electron chi connectivity index (χ4n) is 2.22. The largest absolute Gasteiger partial charge is 0.491 e. The van der Waals surface area contributed by atoms with E-state index >= 15 is 0 Å². The Labute approximate surface area is 155 Å². The van der Waals surface area contributed by atoms with Gasteiger partial charge in [-0.2, -0.15) is 0 Å². The zero-order valence-corrected chi connectivity index (χ0v) is 15.2. The summed E-state index contributed by atoms with van der Waals surface area (Å²) in [5, 5.41) is 19.9. The van der Waals surface area contributed by atoms with E-state index in [1.807, 2.05) is 66.2 Å². The van der Waals surface area contributed by atoms with Gasteiger partial charge in [-0.15, -0.1) is 10.2 Å². The number of hydrogen-bond acceptors (Lipinski definition) is 5. The number of ether oxygens (including phenoxy) is 1. The molecule has 130 valence electrons. The Kier molecular flexibility index (Phi) is 5.96. The number of halogens is 1. The maximum absolute atomic E-state index is 10.1. The van der Waals surface area contributed by atoms with Crippen LogP contribution in [0.5, 0.6) is 5.75 Å². The smallest absolute Gasteiger partial charge is 0.191 e. The first kappa shape index (κ1) is 17.8. The molecule has 0 amide bonds. The Hall–Kier alpha value is -2.02. The van der Waals surface area contributed by atoms with Gasteiger partial charge in [0, 0.05) is 23.4 Å². The lowest BCUT2D eigenvalue weighted by molar-refractivity contribution is 0.126. The van der Waals surface area contributed by atoms with Crippen molar-refractivity contribution in [2.24, 2.45) is 7.05 Å². The second-order valence-corrected chi connectivity index (χ2v) is 6.88. The summed E-state index contributed by atoms with van der Waals surface area (Å²) < 4.78 is 7.45. The molecule has 1 N–H and O–H groups in total. The van der Waals surface area contributed by atoms with Crippen molar-refractivity contribution in [3.63, 3.8) is 0 Å². The Morgan fingerprint density at radius 1 is 1.12 bits per heavy atom. The second-order valence-electron chi connectivity index (χ2n) is 5.46. The summed E-state index contributed by atoms with van der Waals surface area (Å²) in [6, 6.07) is 16.9. The average Bonchev–Trinajstić information content (AvgIpc) is 3.00. The number of nitrogens with zero attached hydrogens (tertiary/aromatic N) is 3. The summed E-state index contributed by atoms with van der Waals surface area (Å²) in [5.41, 5.74) is 0.944. The summed E-state index contributed by atoms with van der Waals surface area (Å²) in [6.07, 6.45) is -0.596. The molecule has 0 saturated carbocycles. The van der Waals surface area contributed by atoms with Gasteiger partial charge in [-0.1, -0.05) is 41.6 Å². The van der Waals surface area contributed by atoms with Crippen LogP contribution in [-0.4, -0.2) is 38.3 Å². The highest BCUT2D eigenvalue weighted by Gasteiger charge is 2.13. The number of rotatable bonds is 7. The molecule has 0 aliphatic heterocycles. The molecule has 1 aromatic heterocycles. The fraction of sp³-hybridized carbons (Fsp3) is 0.222. The van der Waals surface area contributed by atoms with Crippen LogP contribution < -0.4 is 4.74 Å². The molecule has 0 aliphatic carbocycles. The van der Waals surface area contributed by atoms with Gasteiger partial charge in [-0.05, 0) is 36.4 Å². The Balaban J connectivity index is 1.55. The Morgan fingerprint density at radius 3 is 2.56 bits per heavy atom. The highest BCUT2D eigenvalue weighted by Crippen LogP contribution is 2.24. The minimum absolute atomic E-state index is 0.235. The molecule has 3 aromatic rings. The van der Waals surface area contributed by atoms with Crippen molar-refractivity contribution >= 4 is 23.4 Å². The zero-order chi connectivity index (χ0) is 17.6. The molecule has 3 rings (SSSR count). The van der Waals surface area contributed by atoms with Crippen molar-refractivity contribution in [1.29, 1.82) is 0 Å². The van der Waals surface area contributed by atoms with Crippen LogP contribution in [0.15, 0.2) is 59.8 Å². The number of hydrogen-bond donors (Lipinski definition) is 1. The van der Waals surface area contributed by atoms with Gasteiger partial charge < -0.3 is 14.4 Å². The molecule has 0 spiro atoms. The summed E-state index contributed by atoms with van der Waals surface area (Å²) in [6.45, 7) is 0.235. The van der Waals surface area contributed by atoms with Gasteiger partial charge in [-0.25, -0.2) is 0 Å². The summed E-state index contributed by atoms with van der Waals surface area (Å²) >= 11 is 7.36. The first-order valence-electron chi connectivity index (χ1n) is 7.77. The lowest BCUT2D eigenvalue weighted by atomic mass is 10.2. The van der Waals surface area contributed by atoms with E-state index in [0.29, 0.717) is 10.8 Å². The predicted octanol–water partition coefficient (Wildman–Crippen LogP) is 3.67. The Bertz CT molecular complexity index is 809. The first-order chi connectivity index (χ1) is 12.1. The third-order valence-corrected chi connectivity index (χ3v) is 4.94. The third-order valence-electron chi connectivity index (χ3n) is 3.53. The quantitative estimate of drug-likeness (QED) is 0.638. The molecule has 0 unspecified atom stereocenters. The molecule has 0 fully saturated rings. The molecular weight excluding hydrogens is 358 g/mol. The lowest BCUT2D eigenvalue weighted by Crippen LogP contribution is -2.20. The van der Waals surface area contributed by atoms with Gasteiger partial charge >= 0.3 is 0 Å². The van der Waals surface area contributed by atoms with Crippen molar-refractivity contribution in [3.8, 4) is 17.1 Å². The summed E-state index contributed by atoms with van der Waals surface area (Å²) in [7, 11) is 1.90. The summed E-state index contributed by atoms with van der Waals surface area (Å²) in [4.78, 5) is 0. The van der Waals surface area contributed by atoms with E-state index in [-0.39, 0.29) is 6.61 Å². The van der Waals surface area contributed by atoms with Crippen LogP contribution in [0.3, 0.4) is 0 Å². The maximum atomic E-state index is 10.1. The van der Waals surface area contributed by atoms with E-state index in [1.165, 1.54) is 11.8 Å². The number of para-hydroxylation sites is 1. The minimum Gasteiger partial charge on any atom is -0.491 e. The average molecular weight is 376 g/mol. The number of thioether (sulfide) groups is 1.